The summed E-state index contributed by atoms with van der Waals surface area (Å²) in [6, 6.07) is 3.87. The van der Waals surface area contributed by atoms with Crippen molar-refractivity contribution in [2.75, 3.05) is 13.1 Å². The maximum atomic E-state index is 9.77. The number of hydrogen-bond donors (Lipinski definition) is 2. The molecule has 1 unspecified atom stereocenters. The number of aliphatic hydroxyl groups excluding tert-OH is 1. The first-order valence-corrected chi connectivity index (χ1v) is 6.36. The Bertz CT molecular complexity index is 300. The van der Waals surface area contributed by atoms with E-state index in [1.54, 1.807) is 6.20 Å². The molecule has 1 aromatic heterocycles. The normalized spacial score (nSPS) is 13.1. The van der Waals surface area contributed by atoms with Crippen LogP contribution < -0.4 is 5.32 Å². The highest BCUT2D eigenvalue weighted by Gasteiger charge is 2.06. The van der Waals surface area contributed by atoms with Crippen LogP contribution >= 0.6 is 15.9 Å². The van der Waals surface area contributed by atoms with Crippen LogP contribution in [0.25, 0.3) is 0 Å². The van der Waals surface area contributed by atoms with Gasteiger partial charge in [-0.15, -0.1) is 0 Å². The Morgan fingerprint density at radius 3 is 2.69 bits per heavy atom. The van der Waals surface area contributed by atoms with E-state index >= 15 is 0 Å². The molecule has 0 radical (unpaired) electrons. The summed E-state index contributed by atoms with van der Waals surface area (Å²) in [5, 5.41) is 13.0. The number of rotatable bonds is 6. The van der Waals surface area contributed by atoms with Crippen molar-refractivity contribution < 1.29 is 5.11 Å². The zero-order chi connectivity index (χ0) is 12.0. The van der Waals surface area contributed by atoms with Crippen LogP contribution in [0.15, 0.2) is 22.8 Å². The van der Waals surface area contributed by atoms with E-state index in [9.17, 15) is 5.11 Å². The van der Waals surface area contributed by atoms with E-state index in [2.05, 4.69) is 40.1 Å². The fourth-order valence-electron chi connectivity index (χ4n) is 1.38. The maximum absolute atomic E-state index is 9.77. The highest BCUT2D eigenvalue weighted by atomic mass is 79.9. The summed E-state index contributed by atoms with van der Waals surface area (Å²) < 4.78 is 0.962. The quantitative estimate of drug-likeness (QED) is 0.841. The summed E-state index contributed by atoms with van der Waals surface area (Å²) in [5.41, 5.74) is 0.919. The first kappa shape index (κ1) is 13.6. The molecule has 0 bridgehead atoms. The van der Waals surface area contributed by atoms with Gasteiger partial charge in [0, 0.05) is 29.3 Å². The standard InChI is InChI=1S/C12H19BrN2O/c1-9(2)6-14-8-12(16)5-11-4-3-10(13)7-15-11/h3-4,7,9,12,14,16H,5-6,8H2,1-2H3. The predicted octanol–water partition coefficient (Wildman–Crippen LogP) is 1.99. The number of aliphatic hydroxyl groups is 1. The van der Waals surface area contributed by atoms with Crippen LogP contribution in [0.1, 0.15) is 19.5 Å². The lowest BCUT2D eigenvalue weighted by molar-refractivity contribution is 0.169. The molecular formula is C12H19BrN2O. The van der Waals surface area contributed by atoms with E-state index in [0.29, 0.717) is 18.9 Å². The van der Waals surface area contributed by atoms with Gasteiger partial charge in [0.05, 0.1) is 6.10 Å². The summed E-state index contributed by atoms with van der Waals surface area (Å²) in [7, 11) is 0. The summed E-state index contributed by atoms with van der Waals surface area (Å²) in [5.74, 6) is 0.609. The number of nitrogens with one attached hydrogen (secondary N) is 1. The lowest BCUT2D eigenvalue weighted by atomic mass is 10.1. The molecular weight excluding hydrogens is 268 g/mol. The monoisotopic (exact) mass is 286 g/mol. The molecule has 1 heterocycles. The van der Waals surface area contributed by atoms with Gasteiger partial charge in [-0.25, -0.2) is 0 Å². The largest absolute Gasteiger partial charge is 0.391 e. The van der Waals surface area contributed by atoms with Crippen molar-refractivity contribution >= 4 is 15.9 Å². The van der Waals surface area contributed by atoms with Gasteiger partial charge in [0.2, 0.25) is 0 Å². The van der Waals surface area contributed by atoms with Crippen molar-refractivity contribution in [2.45, 2.75) is 26.4 Å². The van der Waals surface area contributed by atoms with Gasteiger partial charge in [-0.2, -0.15) is 0 Å². The van der Waals surface area contributed by atoms with Gasteiger partial charge in [0.25, 0.3) is 0 Å². The summed E-state index contributed by atoms with van der Waals surface area (Å²) in [6.45, 7) is 5.85. The van der Waals surface area contributed by atoms with Gasteiger partial charge < -0.3 is 10.4 Å². The zero-order valence-electron chi connectivity index (χ0n) is 9.78. The minimum absolute atomic E-state index is 0.368. The predicted molar refractivity (Wildman–Crippen MR) is 69.4 cm³/mol. The average molecular weight is 287 g/mol. The zero-order valence-corrected chi connectivity index (χ0v) is 11.4. The number of pyridine rings is 1. The van der Waals surface area contributed by atoms with Crippen molar-refractivity contribution in [1.29, 1.82) is 0 Å². The highest BCUT2D eigenvalue weighted by molar-refractivity contribution is 9.10. The van der Waals surface area contributed by atoms with Crippen LogP contribution in [0.3, 0.4) is 0 Å². The Kier molecular flexibility index (Phi) is 5.95. The lowest BCUT2D eigenvalue weighted by Crippen LogP contribution is -2.31. The molecule has 0 amide bonds. The molecule has 3 nitrogen and oxygen atoms in total. The Hall–Kier alpha value is -0.450. The third kappa shape index (κ3) is 5.58. The maximum Gasteiger partial charge on any atom is 0.0719 e. The molecule has 1 atom stereocenters. The number of nitrogens with zero attached hydrogens (tertiary/aromatic N) is 1. The first-order chi connectivity index (χ1) is 7.58. The molecule has 1 aromatic rings. The molecule has 0 aliphatic rings. The topological polar surface area (TPSA) is 45.1 Å². The van der Waals surface area contributed by atoms with Crippen LogP contribution in [0.2, 0.25) is 0 Å². The van der Waals surface area contributed by atoms with Crippen LogP contribution in [-0.2, 0) is 6.42 Å². The van der Waals surface area contributed by atoms with Gasteiger partial charge in [-0.05, 0) is 40.5 Å². The van der Waals surface area contributed by atoms with Gasteiger partial charge >= 0.3 is 0 Å². The van der Waals surface area contributed by atoms with Gasteiger partial charge in [-0.3, -0.25) is 4.98 Å². The number of hydrogen-bond acceptors (Lipinski definition) is 3. The fourth-order valence-corrected chi connectivity index (χ4v) is 1.61. The molecule has 1 rings (SSSR count). The second-order valence-electron chi connectivity index (χ2n) is 4.38. The van der Waals surface area contributed by atoms with Crippen molar-refractivity contribution in [3.8, 4) is 0 Å². The molecule has 90 valence electrons. The fraction of sp³-hybridized carbons (Fsp3) is 0.583. The lowest BCUT2D eigenvalue weighted by Gasteiger charge is -2.12. The van der Waals surface area contributed by atoms with E-state index in [4.69, 9.17) is 0 Å². The molecule has 0 fully saturated rings. The summed E-state index contributed by atoms with van der Waals surface area (Å²) in [6.07, 6.45) is 1.98. The van der Waals surface area contributed by atoms with E-state index in [1.165, 1.54) is 0 Å². The third-order valence-electron chi connectivity index (χ3n) is 2.17. The highest BCUT2D eigenvalue weighted by Crippen LogP contribution is 2.08. The molecule has 16 heavy (non-hydrogen) atoms. The SMILES string of the molecule is CC(C)CNCC(O)Cc1ccc(Br)cn1. The van der Waals surface area contributed by atoms with Crippen molar-refractivity contribution in [3.63, 3.8) is 0 Å². The average Bonchev–Trinajstić information content (AvgIpc) is 2.21. The van der Waals surface area contributed by atoms with E-state index < -0.39 is 0 Å². The van der Waals surface area contributed by atoms with Crippen molar-refractivity contribution in [3.05, 3.63) is 28.5 Å². The minimum atomic E-state index is -0.368. The van der Waals surface area contributed by atoms with Crippen molar-refractivity contribution in [2.24, 2.45) is 5.92 Å². The smallest absolute Gasteiger partial charge is 0.0719 e. The second kappa shape index (κ2) is 6.99. The van der Waals surface area contributed by atoms with Crippen LogP contribution in [0, 0.1) is 5.92 Å². The van der Waals surface area contributed by atoms with Crippen molar-refractivity contribution in [1.82, 2.24) is 10.3 Å². The molecule has 0 aromatic carbocycles. The molecule has 0 saturated carbocycles. The third-order valence-corrected chi connectivity index (χ3v) is 2.64. The number of halogens is 1. The molecule has 0 aliphatic heterocycles. The number of aromatic nitrogens is 1. The van der Waals surface area contributed by atoms with Gasteiger partial charge in [0.15, 0.2) is 0 Å². The van der Waals surface area contributed by atoms with Crippen LogP contribution in [-0.4, -0.2) is 29.3 Å². The van der Waals surface area contributed by atoms with Crippen LogP contribution in [0.5, 0.6) is 0 Å². The second-order valence-corrected chi connectivity index (χ2v) is 5.29. The Labute approximate surface area is 105 Å². The first-order valence-electron chi connectivity index (χ1n) is 5.57. The van der Waals surface area contributed by atoms with Gasteiger partial charge in [0.1, 0.15) is 0 Å². The molecule has 4 heteroatoms. The van der Waals surface area contributed by atoms with E-state index in [-0.39, 0.29) is 6.10 Å². The summed E-state index contributed by atoms with van der Waals surface area (Å²) in [4.78, 5) is 4.23. The molecule has 2 N–H and O–H groups in total. The minimum Gasteiger partial charge on any atom is -0.391 e. The van der Waals surface area contributed by atoms with E-state index in [0.717, 1.165) is 16.7 Å². The Morgan fingerprint density at radius 2 is 2.12 bits per heavy atom. The van der Waals surface area contributed by atoms with Gasteiger partial charge in [-0.1, -0.05) is 13.8 Å². The summed E-state index contributed by atoms with van der Waals surface area (Å²) >= 11 is 3.33. The molecule has 0 aliphatic carbocycles. The van der Waals surface area contributed by atoms with E-state index in [1.807, 2.05) is 12.1 Å². The van der Waals surface area contributed by atoms with Crippen LogP contribution in [0.4, 0.5) is 0 Å². The Balaban J connectivity index is 2.28. The Morgan fingerprint density at radius 1 is 1.38 bits per heavy atom. The molecule has 0 spiro atoms. The molecule has 0 saturated heterocycles.